The summed E-state index contributed by atoms with van der Waals surface area (Å²) in [7, 11) is 0. The number of benzene rings is 1. The fraction of sp³-hybridized carbons (Fsp3) is 0.368. The fourth-order valence-corrected chi connectivity index (χ4v) is 2.15. The fourth-order valence-electron chi connectivity index (χ4n) is 2.15. The first-order valence-corrected chi connectivity index (χ1v) is 8.40. The molecule has 1 aromatic heterocycles. The maximum absolute atomic E-state index is 11.0. The van der Waals surface area contributed by atoms with Crippen molar-refractivity contribution in [1.82, 2.24) is 4.98 Å². The predicted molar refractivity (Wildman–Crippen MR) is 94.2 cm³/mol. The van der Waals surface area contributed by atoms with Crippen molar-refractivity contribution in [3.05, 3.63) is 53.9 Å². The quantitative estimate of drug-likeness (QED) is 0.628. The molecule has 0 aliphatic heterocycles. The first-order chi connectivity index (χ1) is 12.5. The smallest absolute Gasteiger partial charge is 0.373 e. The van der Waals surface area contributed by atoms with Crippen LogP contribution in [-0.4, -0.2) is 40.7 Å². The summed E-state index contributed by atoms with van der Waals surface area (Å²) in [5, 5.41) is 19.1. The Morgan fingerprint density at radius 2 is 1.81 bits per heavy atom. The Bertz CT molecular complexity index is 686. The number of aliphatic carboxylic acids is 1. The van der Waals surface area contributed by atoms with Gasteiger partial charge in [-0.2, -0.15) is 0 Å². The molecule has 0 saturated carbocycles. The van der Waals surface area contributed by atoms with Gasteiger partial charge in [-0.15, -0.1) is 0 Å². The van der Waals surface area contributed by atoms with Crippen molar-refractivity contribution < 1.29 is 29.2 Å². The van der Waals surface area contributed by atoms with Gasteiger partial charge in [0.25, 0.3) is 6.29 Å². The molecule has 2 rings (SSSR count). The van der Waals surface area contributed by atoms with E-state index in [1.54, 1.807) is 43.5 Å². The molecule has 7 heteroatoms. The highest BCUT2D eigenvalue weighted by atomic mass is 16.7. The zero-order valence-corrected chi connectivity index (χ0v) is 14.8. The lowest BCUT2D eigenvalue weighted by molar-refractivity contribution is -0.170. The SMILES string of the molecule is CCO[C@@H](Oc1ccc(OC[C@H](O)c2ccc(CC)cn2)cc1)C(=O)O. The highest BCUT2D eigenvalue weighted by Crippen LogP contribution is 2.20. The van der Waals surface area contributed by atoms with Crippen LogP contribution in [0.5, 0.6) is 11.5 Å². The molecule has 2 aromatic rings. The van der Waals surface area contributed by atoms with Gasteiger partial charge in [-0.05, 0) is 49.2 Å². The van der Waals surface area contributed by atoms with Crippen molar-refractivity contribution >= 4 is 5.97 Å². The molecule has 0 radical (unpaired) electrons. The van der Waals surface area contributed by atoms with Gasteiger partial charge in [-0.1, -0.05) is 13.0 Å². The van der Waals surface area contributed by atoms with E-state index in [1.165, 1.54) is 0 Å². The molecule has 0 aliphatic carbocycles. The molecule has 0 spiro atoms. The van der Waals surface area contributed by atoms with Crippen LogP contribution in [0.25, 0.3) is 0 Å². The maximum Gasteiger partial charge on any atom is 0.373 e. The molecule has 1 aromatic carbocycles. The first-order valence-electron chi connectivity index (χ1n) is 8.40. The highest BCUT2D eigenvalue weighted by Gasteiger charge is 2.19. The number of aliphatic hydroxyl groups excluding tert-OH is 1. The largest absolute Gasteiger partial charge is 0.490 e. The summed E-state index contributed by atoms with van der Waals surface area (Å²) in [4.78, 5) is 15.2. The van der Waals surface area contributed by atoms with E-state index in [9.17, 15) is 9.90 Å². The number of aryl methyl sites for hydroxylation is 1. The average Bonchev–Trinajstić information content (AvgIpc) is 2.66. The van der Waals surface area contributed by atoms with Crippen LogP contribution in [-0.2, 0) is 16.0 Å². The minimum absolute atomic E-state index is 0.0510. The zero-order valence-electron chi connectivity index (χ0n) is 14.8. The Labute approximate surface area is 152 Å². The van der Waals surface area contributed by atoms with Crippen molar-refractivity contribution in [2.75, 3.05) is 13.2 Å². The number of ether oxygens (including phenoxy) is 3. The summed E-state index contributed by atoms with van der Waals surface area (Å²) in [6.45, 7) is 4.00. The van der Waals surface area contributed by atoms with Crippen molar-refractivity contribution in [1.29, 1.82) is 0 Å². The average molecular weight is 361 g/mol. The molecule has 140 valence electrons. The van der Waals surface area contributed by atoms with Gasteiger partial charge in [-0.3, -0.25) is 4.98 Å². The van der Waals surface area contributed by atoms with Crippen LogP contribution in [0.4, 0.5) is 0 Å². The van der Waals surface area contributed by atoms with E-state index in [2.05, 4.69) is 4.98 Å². The Balaban J connectivity index is 1.88. The van der Waals surface area contributed by atoms with Gasteiger partial charge in [0.15, 0.2) is 0 Å². The molecule has 2 atom stereocenters. The van der Waals surface area contributed by atoms with Crippen LogP contribution in [0.3, 0.4) is 0 Å². The normalized spacial score (nSPS) is 13.0. The predicted octanol–water partition coefficient (Wildman–Crippen LogP) is 2.58. The number of nitrogens with zero attached hydrogens (tertiary/aromatic N) is 1. The Morgan fingerprint density at radius 3 is 2.35 bits per heavy atom. The molecule has 0 amide bonds. The van der Waals surface area contributed by atoms with Gasteiger partial charge in [0, 0.05) is 12.8 Å². The van der Waals surface area contributed by atoms with Gasteiger partial charge >= 0.3 is 5.97 Å². The number of carboxylic acids is 1. The Hall–Kier alpha value is -2.64. The lowest BCUT2D eigenvalue weighted by atomic mass is 10.2. The number of carboxylic acid groups (broad SMARTS) is 1. The maximum atomic E-state index is 11.0. The molecule has 2 N–H and O–H groups in total. The lowest BCUT2D eigenvalue weighted by Gasteiger charge is -2.15. The third-order valence-corrected chi connectivity index (χ3v) is 3.59. The van der Waals surface area contributed by atoms with Crippen molar-refractivity contribution in [3.63, 3.8) is 0 Å². The summed E-state index contributed by atoms with van der Waals surface area (Å²) in [6, 6.07) is 10.1. The van der Waals surface area contributed by atoms with Crippen molar-refractivity contribution in [3.8, 4) is 11.5 Å². The molecular formula is C19H23NO6. The summed E-state index contributed by atoms with van der Waals surface area (Å²) in [6.07, 6.45) is 0.430. The van der Waals surface area contributed by atoms with Gasteiger partial charge < -0.3 is 24.4 Å². The minimum atomic E-state index is -1.36. The van der Waals surface area contributed by atoms with E-state index < -0.39 is 18.4 Å². The molecule has 0 fully saturated rings. The van der Waals surface area contributed by atoms with E-state index in [4.69, 9.17) is 19.3 Å². The summed E-state index contributed by atoms with van der Waals surface area (Å²) in [5.74, 6) is -0.336. The van der Waals surface area contributed by atoms with Gasteiger partial charge in [0.1, 0.15) is 24.2 Å². The number of aromatic nitrogens is 1. The third-order valence-electron chi connectivity index (χ3n) is 3.59. The second-order valence-electron chi connectivity index (χ2n) is 5.49. The van der Waals surface area contributed by atoms with Crippen LogP contribution >= 0.6 is 0 Å². The number of hydrogen-bond donors (Lipinski definition) is 2. The Kier molecular flexibility index (Phi) is 7.37. The second-order valence-corrected chi connectivity index (χ2v) is 5.49. The summed E-state index contributed by atoms with van der Waals surface area (Å²) in [5.41, 5.74) is 1.65. The molecular weight excluding hydrogens is 338 g/mol. The van der Waals surface area contributed by atoms with Crippen molar-refractivity contribution in [2.24, 2.45) is 0 Å². The topological polar surface area (TPSA) is 98.1 Å². The minimum Gasteiger partial charge on any atom is -0.490 e. The van der Waals surface area contributed by atoms with Crippen molar-refractivity contribution in [2.45, 2.75) is 32.7 Å². The standard InChI is InChI=1S/C19H23NO6/c1-3-13-5-10-16(20-11-13)17(21)12-25-14-6-8-15(9-7-14)26-19(18(22)23)24-4-2/h5-11,17,19,21H,3-4,12H2,1-2H3,(H,22,23)/t17-,19-/m0/s1. The van der Waals surface area contributed by atoms with E-state index in [1.807, 2.05) is 13.0 Å². The van der Waals surface area contributed by atoms with E-state index in [-0.39, 0.29) is 13.2 Å². The van der Waals surface area contributed by atoms with Crippen LogP contribution in [0, 0.1) is 0 Å². The summed E-state index contributed by atoms with van der Waals surface area (Å²) < 4.78 is 15.8. The molecule has 0 bridgehead atoms. The second kappa shape index (κ2) is 9.74. The number of pyridine rings is 1. The van der Waals surface area contributed by atoms with Crippen LogP contribution in [0.2, 0.25) is 0 Å². The van der Waals surface area contributed by atoms with Crippen LogP contribution in [0.15, 0.2) is 42.6 Å². The third kappa shape index (κ3) is 5.72. The highest BCUT2D eigenvalue weighted by molar-refractivity contribution is 5.71. The van der Waals surface area contributed by atoms with Crippen LogP contribution in [0.1, 0.15) is 31.2 Å². The molecule has 0 aliphatic rings. The number of hydrogen-bond acceptors (Lipinski definition) is 6. The number of rotatable bonds is 10. The number of aliphatic hydroxyl groups is 1. The molecule has 7 nitrogen and oxygen atoms in total. The number of carbonyl (C=O) groups is 1. The molecule has 0 saturated heterocycles. The van der Waals surface area contributed by atoms with Gasteiger partial charge in [-0.25, -0.2) is 4.79 Å². The van der Waals surface area contributed by atoms with E-state index in [0.29, 0.717) is 17.2 Å². The van der Waals surface area contributed by atoms with Gasteiger partial charge in [0.05, 0.1) is 5.69 Å². The zero-order chi connectivity index (χ0) is 18.9. The Morgan fingerprint density at radius 1 is 1.12 bits per heavy atom. The lowest BCUT2D eigenvalue weighted by Crippen LogP contribution is -2.30. The van der Waals surface area contributed by atoms with E-state index in [0.717, 1.165) is 12.0 Å². The van der Waals surface area contributed by atoms with Crippen LogP contribution < -0.4 is 9.47 Å². The first kappa shape index (κ1) is 19.7. The molecule has 0 unspecified atom stereocenters. The molecule has 1 heterocycles. The monoisotopic (exact) mass is 361 g/mol. The van der Waals surface area contributed by atoms with Gasteiger partial charge in [0.2, 0.25) is 0 Å². The van der Waals surface area contributed by atoms with E-state index >= 15 is 0 Å². The molecule has 26 heavy (non-hydrogen) atoms. The summed E-state index contributed by atoms with van der Waals surface area (Å²) >= 11 is 0.